The zero-order chi connectivity index (χ0) is 13.9. The van der Waals surface area contributed by atoms with Crippen molar-refractivity contribution in [1.82, 2.24) is 4.90 Å². The number of piperidine rings is 1. The normalized spacial score (nSPS) is 25.9. The Kier molecular flexibility index (Phi) is 3.81. The van der Waals surface area contributed by atoms with Gasteiger partial charge in [-0.25, -0.2) is 4.79 Å². The first-order valence-corrected chi connectivity index (χ1v) is 7.67. The van der Waals surface area contributed by atoms with Crippen LogP contribution in [-0.2, 0) is 0 Å². The second kappa shape index (κ2) is 5.73. The lowest BCUT2D eigenvalue weighted by Crippen LogP contribution is -2.51. The van der Waals surface area contributed by atoms with E-state index in [1.807, 2.05) is 24.3 Å². The SMILES string of the molecule is Nc1ccc(NC(=O)N2CCC[C@H]3CCCC[C@H]32)cc1. The summed E-state index contributed by atoms with van der Waals surface area (Å²) in [5.74, 6) is 0.717. The molecule has 1 saturated carbocycles. The Labute approximate surface area is 120 Å². The molecule has 1 aromatic rings. The van der Waals surface area contributed by atoms with Crippen LogP contribution in [0.1, 0.15) is 38.5 Å². The molecule has 3 N–H and O–H groups in total. The van der Waals surface area contributed by atoms with Crippen molar-refractivity contribution in [3.05, 3.63) is 24.3 Å². The van der Waals surface area contributed by atoms with Crippen molar-refractivity contribution >= 4 is 17.4 Å². The molecule has 0 spiro atoms. The van der Waals surface area contributed by atoms with E-state index < -0.39 is 0 Å². The number of benzene rings is 1. The number of amides is 2. The summed E-state index contributed by atoms with van der Waals surface area (Å²) in [6, 6.07) is 7.84. The average Bonchev–Trinajstić information content (AvgIpc) is 2.49. The first-order valence-electron chi connectivity index (χ1n) is 7.67. The molecule has 0 aromatic heterocycles. The van der Waals surface area contributed by atoms with E-state index in [4.69, 9.17) is 5.73 Å². The Balaban J connectivity index is 1.67. The molecular weight excluding hydrogens is 250 g/mol. The molecule has 2 amide bonds. The summed E-state index contributed by atoms with van der Waals surface area (Å²) >= 11 is 0. The van der Waals surface area contributed by atoms with E-state index in [0.29, 0.717) is 11.7 Å². The van der Waals surface area contributed by atoms with Crippen molar-refractivity contribution in [2.24, 2.45) is 5.92 Å². The Hall–Kier alpha value is -1.71. The number of anilines is 2. The molecule has 4 nitrogen and oxygen atoms in total. The van der Waals surface area contributed by atoms with Crippen LogP contribution >= 0.6 is 0 Å². The number of carbonyl (C=O) groups is 1. The molecule has 2 atom stereocenters. The highest BCUT2D eigenvalue weighted by molar-refractivity contribution is 5.89. The van der Waals surface area contributed by atoms with E-state index in [9.17, 15) is 4.79 Å². The number of nitrogens with two attached hydrogens (primary N) is 1. The van der Waals surface area contributed by atoms with E-state index in [-0.39, 0.29) is 6.03 Å². The standard InChI is InChI=1S/C16H23N3O/c17-13-7-9-14(10-8-13)18-16(20)19-11-3-5-12-4-1-2-6-15(12)19/h7-10,12,15H,1-6,11,17H2,(H,18,20)/t12-,15-/m1/s1. The van der Waals surface area contributed by atoms with Crippen LogP contribution in [0.3, 0.4) is 0 Å². The minimum atomic E-state index is 0.0476. The van der Waals surface area contributed by atoms with E-state index in [2.05, 4.69) is 10.2 Å². The monoisotopic (exact) mass is 273 g/mol. The molecule has 2 aliphatic rings. The molecule has 4 heteroatoms. The van der Waals surface area contributed by atoms with Crippen molar-refractivity contribution in [3.63, 3.8) is 0 Å². The largest absolute Gasteiger partial charge is 0.399 e. The molecule has 1 aliphatic heterocycles. The highest BCUT2D eigenvalue weighted by Crippen LogP contribution is 2.35. The molecule has 1 aliphatic carbocycles. The lowest BCUT2D eigenvalue weighted by Gasteiger charge is -2.44. The number of carbonyl (C=O) groups excluding carboxylic acids is 1. The Bertz CT molecular complexity index is 469. The van der Waals surface area contributed by atoms with Gasteiger partial charge in [0, 0.05) is 24.0 Å². The smallest absolute Gasteiger partial charge is 0.322 e. The molecule has 0 radical (unpaired) electrons. The minimum absolute atomic E-state index is 0.0476. The number of nitrogens with zero attached hydrogens (tertiary/aromatic N) is 1. The van der Waals surface area contributed by atoms with Gasteiger partial charge in [-0.05, 0) is 55.9 Å². The summed E-state index contributed by atoms with van der Waals surface area (Å²) in [7, 11) is 0. The van der Waals surface area contributed by atoms with Crippen LogP contribution in [-0.4, -0.2) is 23.5 Å². The van der Waals surface area contributed by atoms with E-state index in [0.717, 1.165) is 24.6 Å². The molecule has 20 heavy (non-hydrogen) atoms. The fourth-order valence-electron chi connectivity index (χ4n) is 3.64. The molecule has 1 aromatic carbocycles. The zero-order valence-electron chi connectivity index (χ0n) is 11.8. The number of hydrogen-bond donors (Lipinski definition) is 2. The van der Waals surface area contributed by atoms with Crippen LogP contribution in [0, 0.1) is 5.92 Å². The van der Waals surface area contributed by atoms with Gasteiger partial charge in [-0.15, -0.1) is 0 Å². The highest BCUT2D eigenvalue weighted by atomic mass is 16.2. The Morgan fingerprint density at radius 1 is 1.10 bits per heavy atom. The van der Waals surface area contributed by atoms with Gasteiger partial charge in [-0.1, -0.05) is 12.8 Å². The van der Waals surface area contributed by atoms with E-state index in [1.165, 1.54) is 32.1 Å². The van der Waals surface area contributed by atoms with Gasteiger partial charge < -0.3 is 16.0 Å². The summed E-state index contributed by atoms with van der Waals surface area (Å²) in [6.45, 7) is 0.891. The van der Waals surface area contributed by atoms with Gasteiger partial charge in [0.15, 0.2) is 0 Å². The topological polar surface area (TPSA) is 58.4 Å². The number of fused-ring (bicyclic) bond motifs is 1. The second-order valence-electron chi connectivity index (χ2n) is 6.00. The van der Waals surface area contributed by atoms with Crippen molar-refractivity contribution in [2.75, 3.05) is 17.6 Å². The fraction of sp³-hybridized carbons (Fsp3) is 0.562. The first-order chi connectivity index (χ1) is 9.74. The van der Waals surface area contributed by atoms with Crippen LogP contribution < -0.4 is 11.1 Å². The van der Waals surface area contributed by atoms with E-state index in [1.54, 1.807) is 0 Å². The Morgan fingerprint density at radius 2 is 1.80 bits per heavy atom. The van der Waals surface area contributed by atoms with Gasteiger partial charge in [-0.3, -0.25) is 0 Å². The third kappa shape index (κ3) is 2.74. The maximum atomic E-state index is 12.5. The number of nitrogen functional groups attached to an aromatic ring is 1. The molecule has 1 heterocycles. The van der Waals surface area contributed by atoms with Gasteiger partial charge in [-0.2, -0.15) is 0 Å². The lowest BCUT2D eigenvalue weighted by atomic mass is 9.78. The van der Waals surface area contributed by atoms with Crippen LogP contribution in [0.2, 0.25) is 0 Å². The third-order valence-corrected chi connectivity index (χ3v) is 4.67. The van der Waals surface area contributed by atoms with Crippen LogP contribution in [0.4, 0.5) is 16.2 Å². The molecule has 2 fully saturated rings. The van der Waals surface area contributed by atoms with Crippen molar-refractivity contribution in [3.8, 4) is 0 Å². The Morgan fingerprint density at radius 3 is 2.60 bits per heavy atom. The second-order valence-corrected chi connectivity index (χ2v) is 6.00. The summed E-state index contributed by atoms with van der Waals surface area (Å²) in [4.78, 5) is 14.6. The maximum absolute atomic E-state index is 12.5. The third-order valence-electron chi connectivity index (χ3n) is 4.67. The number of hydrogen-bond acceptors (Lipinski definition) is 2. The predicted octanol–water partition coefficient (Wildman–Crippen LogP) is 3.46. The summed E-state index contributed by atoms with van der Waals surface area (Å²) < 4.78 is 0. The summed E-state index contributed by atoms with van der Waals surface area (Å²) in [5.41, 5.74) is 7.20. The molecule has 1 saturated heterocycles. The quantitative estimate of drug-likeness (QED) is 0.770. The lowest BCUT2D eigenvalue weighted by molar-refractivity contribution is 0.0909. The van der Waals surface area contributed by atoms with Gasteiger partial charge in [0.05, 0.1) is 0 Å². The number of rotatable bonds is 1. The maximum Gasteiger partial charge on any atom is 0.322 e. The summed E-state index contributed by atoms with van der Waals surface area (Å²) in [5, 5.41) is 3.00. The first kappa shape index (κ1) is 13.3. The summed E-state index contributed by atoms with van der Waals surface area (Å²) in [6.07, 6.45) is 7.46. The van der Waals surface area contributed by atoms with Crippen LogP contribution in [0.5, 0.6) is 0 Å². The minimum Gasteiger partial charge on any atom is -0.399 e. The van der Waals surface area contributed by atoms with Gasteiger partial charge in [0.1, 0.15) is 0 Å². The van der Waals surface area contributed by atoms with E-state index >= 15 is 0 Å². The van der Waals surface area contributed by atoms with Crippen molar-refractivity contribution in [2.45, 2.75) is 44.6 Å². The molecule has 0 unspecified atom stereocenters. The van der Waals surface area contributed by atoms with Gasteiger partial charge in [0.2, 0.25) is 0 Å². The zero-order valence-corrected chi connectivity index (χ0v) is 11.8. The number of urea groups is 1. The molecule has 0 bridgehead atoms. The van der Waals surface area contributed by atoms with Crippen molar-refractivity contribution < 1.29 is 4.79 Å². The van der Waals surface area contributed by atoms with Crippen LogP contribution in [0.15, 0.2) is 24.3 Å². The van der Waals surface area contributed by atoms with Crippen LogP contribution in [0.25, 0.3) is 0 Å². The fourth-order valence-corrected chi connectivity index (χ4v) is 3.64. The molecule has 3 rings (SSSR count). The molecular formula is C16H23N3O. The van der Waals surface area contributed by atoms with Gasteiger partial charge >= 0.3 is 6.03 Å². The van der Waals surface area contributed by atoms with Gasteiger partial charge in [0.25, 0.3) is 0 Å². The number of likely N-dealkylation sites (tertiary alicyclic amines) is 1. The molecule has 108 valence electrons. The average molecular weight is 273 g/mol. The van der Waals surface area contributed by atoms with Crippen molar-refractivity contribution in [1.29, 1.82) is 0 Å². The number of nitrogens with one attached hydrogen (secondary N) is 1. The predicted molar refractivity (Wildman–Crippen MR) is 81.6 cm³/mol. The highest BCUT2D eigenvalue weighted by Gasteiger charge is 2.35.